The van der Waals surface area contributed by atoms with E-state index in [-0.39, 0.29) is 5.41 Å². The SMILES string of the molecule is C[C@]1(O)CC[C@@H]2[C@H]3CC[C@]4(C)C(=O)CC[C@H]4[C@@H]3CC[C@H]21. The lowest BCUT2D eigenvalue weighted by Gasteiger charge is -2.52. The molecule has 0 radical (unpaired) electrons. The van der Waals surface area contributed by atoms with Crippen LogP contribution in [0, 0.1) is 35.0 Å². The number of hydrogen-bond donors (Lipinski definition) is 1. The number of ketones is 1. The van der Waals surface area contributed by atoms with E-state index in [1.807, 2.05) is 0 Å². The van der Waals surface area contributed by atoms with Gasteiger partial charge in [-0.3, -0.25) is 4.79 Å². The van der Waals surface area contributed by atoms with Gasteiger partial charge in [-0.05, 0) is 81.5 Å². The monoisotopic (exact) mass is 276 g/mol. The summed E-state index contributed by atoms with van der Waals surface area (Å²) in [6.45, 7) is 4.31. The van der Waals surface area contributed by atoms with Crippen LogP contribution in [0.5, 0.6) is 0 Å². The zero-order valence-electron chi connectivity index (χ0n) is 12.9. The van der Waals surface area contributed by atoms with Gasteiger partial charge in [-0.15, -0.1) is 0 Å². The lowest BCUT2D eigenvalue weighted by Crippen LogP contribution is -2.48. The Kier molecular flexibility index (Phi) is 2.72. The van der Waals surface area contributed by atoms with Gasteiger partial charge in [-0.2, -0.15) is 0 Å². The third-order valence-corrected chi connectivity index (χ3v) is 7.86. The maximum atomic E-state index is 12.3. The lowest BCUT2D eigenvalue weighted by molar-refractivity contribution is -0.133. The summed E-state index contributed by atoms with van der Waals surface area (Å²) >= 11 is 0. The van der Waals surface area contributed by atoms with Crippen molar-refractivity contribution >= 4 is 5.78 Å². The summed E-state index contributed by atoms with van der Waals surface area (Å²) in [5, 5.41) is 10.6. The quantitative estimate of drug-likeness (QED) is 0.734. The molecule has 0 aromatic heterocycles. The van der Waals surface area contributed by atoms with Gasteiger partial charge < -0.3 is 5.11 Å². The van der Waals surface area contributed by atoms with Crippen molar-refractivity contribution in [3.63, 3.8) is 0 Å². The summed E-state index contributed by atoms with van der Waals surface area (Å²) in [6, 6.07) is 0. The molecule has 0 aliphatic heterocycles. The lowest BCUT2D eigenvalue weighted by atomic mass is 9.52. The van der Waals surface area contributed by atoms with Crippen molar-refractivity contribution in [1.82, 2.24) is 0 Å². The first-order valence-electron chi connectivity index (χ1n) is 8.69. The van der Waals surface area contributed by atoms with Crippen molar-refractivity contribution in [2.45, 2.75) is 70.8 Å². The van der Waals surface area contributed by atoms with E-state index in [4.69, 9.17) is 0 Å². The summed E-state index contributed by atoms with van der Waals surface area (Å²) in [6.07, 6.45) is 8.99. The Morgan fingerprint density at radius 3 is 2.40 bits per heavy atom. The molecule has 4 saturated carbocycles. The van der Waals surface area contributed by atoms with Crippen molar-refractivity contribution in [3.05, 3.63) is 0 Å². The first kappa shape index (κ1) is 13.3. The van der Waals surface area contributed by atoms with Crippen LogP contribution in [-0.4, -0.2) is 16.5 Å². The largest absolute Gasteiger partial charge is 0.390 e. The maximum Gasteiger partial charge on any atom is 0.139 e. The van der Waals surface area contributed by atoms with Crippen molar-refractivity contribution in [2.24, 2.45) is 35.0 Å². The molecule has 0 aromatic rings. The van der Waals surface area contributed by atoms with Crippen LogP contribution in [0.3, 0.4) is 0 Å². The molecule has 2 heteroatoms. The van der Waals surface area contributed by atoms with Gasteiger partial charge in [-0.1, -0.05) is 6.92 Å². The summed E-state index contributed by atoms with van der Waals surface area (Å²) in [5.41, 5.74) is -0.406. The van der Waals surface area contributed by atoms with Gasteiger partial charge in [0.05, 0.1) is 5.60 Å². The summed E-state index contributed by atoms with van der Waals surface area (Å²) < 4.78 is 0. The molecule has 0 bridgehead atoms. The van der Waals surface area contributed by atoms with E-state index in [0.717, 1.165) is 43.4 Å². The van der Waals surface area contributed by atoms with E-state index >= 15 is 0 Å². The average molecular weight is 276 g/mol. The van der Waals surface area contributed by atoms with E-state index in [9.17, 15) is 9.90 Å². The molecule has 0 heterocycles. The number of fused-ring (bicyclic) bond motifs is 5. The molecule has 1 N–H and O–H groups in total. The molecule has 0 amide bonds. The summed E-state index contributed by atoms with van der Waals surface area (Å²) in [7, 11) is 0. The number of aliphatic hydroxyl groups is 1. The van der Waals surface area contributed by atoms with Gasteiger partial charge in [0, 0.05) is 11.8 Å². The van der Waals surface area contributed by atoms with Crippen LogP contribution in [0.4, 0.5) is 0 Å². The summed E-state index contributed by atoms with van der Waals surface area (Å²) in [5.74, 6) is 4.04. The highest BCUT2D eigenvalue weighted by Gasteiger charge is 2.59. The van der Waals surface area contributed by atoms with Crippen LogP contribution < -0.4 is 0 Å². The molecule has 2 nitrogen and oxygen atoms in total. The van der Waals surface area contributed by atoms with E-state index < -0.39 is 5.60 Å². The molecular formula is C18H28O2. The number of carbonyl (C=O) groups is 1. The van der Waals surface area contributed by atoms with E-state index in [2.05, 4.69) is 13.8 Å². The Bertz CT molecular complexity index is 441. The second-order valence-corrected chi connectivity index (χ2v) is 8.60. The minimum Gasteiger partial charge on any atom is -0.390 e. The van der Waals surface area contributed by atoms with Crippen LogP contribution in [0.25, 0.3) is 0 Å². The maximum absolute atomic E-state index is 12.3. The number of carbonyl (C=O) groups excluding carboxylic acids is 1. The van der Waals surface area contributed by atoms with E-state index in [1.165, 1.54) is 25.7 Å². The molecule has 4 aliphatic rings. The molecule has 4 fully saturated rings. The van der Waals surface area contributed by atoms with Crippen molar-refractivity contribution in [1.29, 1.82) is 0 Å². The van der Waals surface area contributed by atoms with Crippen LogP contribution in [0.2, 0.25) is 0 Å². The first-order chi connectivity index (χ1) is 9.43. The molecule has 0 unspecified atom stereocenters. The van der Waals surface area contributed by atoms with E-state index in [1.54, 1.807) is 0 Å². The Labute approximate surface area is 122 Å². The molecule has 20 heavy (non-hydrogen) atoms. The van der Waals surface area contributed by atoms with Gasteiger partial charge >= 0.3 is 0 Å². The molecule has 7 atom stereocenters. The normalized spacial score (nSPS) is 58.1. The zero-order valence-corrected chi connectivity index (χ0v) is 12.9. The third-order valence-electron chi connectivity index (χ3n) is 7.86. The van der Waals surface area contributed by atoms with Gasteiger partial charge in [-0.25, -0.2) is 0 Å². The van der Waals surface area contributed by atoms with Crippen LogP contribution >= 0.6 is 0 Å². The van der Waals surface area contributed by atoms with Gasteiger partial charge in [0.1, 0.15) is 5.78 Å². The molecule has 4 aliphatic carbocycles. The van der Waals surface area contributed by atoms with Crippen LogP contribution in [0.15, 0.2) is 0 Å². The Balaban J connectivity index is 1.62. The fraction of sp³-hybridized carbons (Fsp3) is 0.944. The fourth-order valence-corrected chi connectivity index (χ4v) is 6.75. The van der Waals surface area contributed by atoms with Crippen LogP contribution in [-0.2, 0) is 4.79 Å². The van der Waals surface area contributed by atoms with Crippen molar-refractivity contribution in [2.75, 3.05) is 0 Å². The highest BCUT2D eigenvalue weighted by molar-refractivity contribution is 5.87. The molecule has 0 spiro atoms. The van der Waals surface area contributed by atoms with Crippen LogP contribution in [0.1, 0.15) is 65.2 Å². The standard InChI is InChI=1S/C18H28O2/c1-17-9-7-11-12(14(17)5-6-16(17)19)3-4-15-13(11)8-10-18(15,2)20/h11-15,20H,3-10H2,1-2H3/t11-,12+,13+,14-,15+,17-,18-/m0/s1. The predicted octanol–water partition coefficient (Wildman–Crippen LogP) is 3.57. The van der Waals surface area contributed by atoms with Gasteiger partial charge in [0.15, 0.2) is 0 Å². The van der Waals surface area contributed by atoms with Crippen molar-refractivity contribution < 1.29 is 9.90 Å². The second kappa shape index (κ2) is 4.09. The minimum atomic E-state index is -0.415. The van der Waals surface area contributed by atoms with E-state index in [0.29, 0.717) is 17.6 Å². The fourth-order valence-electron chi connectivity index (χ4n) is 6.75. The highest BCUT2D eigenvalue weighted by Crippen LogP contribution is 2.63. The average Bonchev–Trinajstić information content (AvgIpc) is 2.88. The Hall–Kier alpha value is -0.370. The Morgan fingerprint density at radius 1 is 0.900 bits per heavy atom. The smallest absolute Gasteiger partial charge is 0.139 e. The number of rotatable bonds is 0. The van der Waals surface area contributed by atoms with Crippen molar-refractivity contribution in [3.8, 4) is 0 Å². The zero-order chi connectivity index (χ0) is 14.1. The number of Topliss-reactive ketones (excluding diaryl/α,β-unsaturated/α-hetero) is 1. The van der Waals surface area contributed by atoms with Gasteiger partial charge in [0.2, 0.25) is 0 Å². The molecule has 0 aromatic carbocycles. The van der Waals surface area contributed by atoms with Gasteiger partial charge in [0.25, 0.3) is 0 Å². The number of hydrogen-bond acceptors (Lipinski definition) is 2. The topological polar surface area (TPSA) is 37.3 Å². The first-order valence-corrected chi connectivity index (χ1v) is 8.69. The summed E-state index contributed by atoms with van der Waals surface area (Å²) in [4.78, 5) is 12.3. The highest BCUT2D eigenvalue weighted by atomic mass is 16.3. The molecule has 112 valence electrons. The Morgan fingerprint density at radius 2 is 1.60 bits per heavy atom. The molecular weight excluding hydrogens is 248 g/mol. The molecule has 4 rings (SSSR count). The minimum absolute atomic E-state index is 0.00905. The second-order valence-electron chi connectivity index (χ2n) is 8.60. The molecule has 0 saturated heterocycles. The predicted molar refractivity (Wildman–Crippen MR) is 78.1 cm³/mol. The third kappa shape index (κ3) is 1.58.